The highest BCUT2D eigenvalue weighted by molar-refractivity contribution is 5.27. The van der Waals surface area contributed by atoms with Crippen molar-refractivity contribution in [2.45, 2.75) is 58.2 Å². The monoisotopic (exact) mass is 385 g/mol. The van der Waals surface area contributed by atoms with Crippen LogP contribution in [0.4, 0.5) is 0 Å². The molecule has 1 aromatic carbocycles. The third-order valence-corrected chi connectivity index (χ3v) is 7.21. The van der Waals surface area contributed by atoms with Crippen molar-refractivity contribution in [1.82, 2.24) is 4.90 Å². The zero-order valence-electron chi connectivity index (χ0n) is 17.6. The molecule has 3 atom stereocenters. The van der Waals surface area contributed by atoms with Gasteiger partial charge in [-0.15, -0.1) is 0 Å². The first-order chi connectivity index (χ1) is 13.5. The standard InChI is InChI=1S/C24H35NO3/c1-24(2)19-7-6-18(23(24)12-19)15-28-16-21(26)14-25(20-8-9-20)13-17-4-10-22(27-3)11-5-17/h4-6,10-11,19-21,23,26H,7-9,12-16H2,1-3H3. The van der Waals surface area contributed by atoms with Gasteiger partial charge in [-0.1, -0.05) is 32.1 Å². The summed E-state index contributed by atoms with van der Waals surface area (Å²) in [4.78, 5) is 2.40. The molecule has 4 nitrogen and oxygen atoms in total. The van der Waals surface area contributed by atoms with E-state index in [1.54, 1.807) is 7.11 Å². The number of hydrogen-bond donors (Lipinski definition) is 1. The fourth-order valence-corrected chi connectivity index (χ4v) is 5.02. The van der Waals surface area contributed by atoms with E-state index in [2.05, 4.69) is 37.0 Å². The van der Waals surface area contributed by atoms with Gasteiger partial charge in [0.2, 0.25) is 0 Å². The van der Waals surface area contributed by atoms with Gasteiger partial charge in [0.15, 0.2) is 0 Å². The van der Waals surface area contributed by atoms with E-state index in [9.17, 15) is 5.11 Å². The summed E-state index contributed by atoms with van der Waals surface area (Å²) >= 11 is 0. The van der Waals surface area contributed by atoms with E-state index < -0.39 is 6.10 Å². The van der Waals surface area contributed by atoms with E-state index in [-0.39, 0.29) is 0 Å². The molecule has 5 rings (SSSR count). The van der Waals surface area contributed by atoms with Crippen molar-refractivity contribution in [3.8, 4) is 5.75 Å². The second-order valence-electron chi connectivity index (χ2n) is 9.50. The Morgan fingerprint density at radius 3 is 2.57 bits per heavy atom. The van der Waals surface area contributed by atoms with Crippen LogP contribution in [0.2, 0.25) is 0 Å². The lowest BCUT2D eigenvalue weighted by Gasteiger charge is -2.56. The predicted molar refractivity (Wildman–Crippen MR) is 111 cm³/mol. The Morgan fingerprint density at radius 1 is 1.21 bits per heavy atom. The molecule has 0 aliphatic heterocycles. The van der Waals surface area contributed by atoms with Crippen LogP contribution in [0, 0.1) is 17.3 Å². The number of aliphatic hydroxyl groups is 1. The number of benzene rings is 1. The number of aliphatic hydroxyl groups excluding tert-OH is 1. The zero-order valence-corrected chi connectivity index (χ0v) is 17.6. The van der Waals surface area contributed by atoms with Crippen molar-refractivity contribution < 1.29 is 14.6 Å². The van der Waals surface area contributed by atoms with Crippen molar-refractivity contribution >= 4 is 0 Å². The van der Waals surface area contributed by atoms with Gasteiger partial charge in [0.1, 0.15) is 5.75 Å². The highest BCUT2D eigenvalue weighted by Crippen LogP contribution is 2.59. The molecule has 2 saturated carbocycles. The van der Waals surface area contributed by atoms with Crippen molar-refractivity contribution in [2.75, 3.05) is 26.9 Å². The van der Waals surface area contributed by atoms with Crippen LogP contribution in [-0.2, 0) is 11.3 Å². The minimum Gasteiger partial charge on any atom is -0.497 e. The summed E-state index contributed by atoms with van der Waals surface area (Å²) < 4.78 is 11.2. The summed E-state index contributed by atoms with van der Waals surface area (Å²) in [6, 6.07) is 8.83. The maximum atomic E-state index is 10.6. The molecular formula is C24H35NO3. The smallest absolute Gasteiger partial charge is 0.118 e. The molecule has 0 aromatic heterocycles. The Labute approximate surface area is 169 Å². The summed E-state index contributed by atoms with van der Waals surface area (Å²) in [7, 11) is 1.69. The molecule has 0 spiro atoms. The fraction of sp³-hybridized carbons (Fsp3) is 0.667. The van der Waals surface area contributed by atoms with E-state index in [1.807, 2.05) is 12.1 Å². The maximum absolute atomic E-state index is 10.6. The van der Waals surface area contributed by atoms with Gasteiger partial charge in [-0.05, 0) is 66.2 Å². The number of rotatable bonds is 10. The molecule has 3 unspecified atom stereocenters. The Hall–Kier alpha value is -1.36. The molecule has 4 heteroatoms. The molecule has 154 valence electrons. The van der Waals surface area contributed by atoms with E-state index in [0.29, 0.717) is 37.1 Å². The number of allylic oxidation sites excluding steroid dienone is 1. The highest BCUT2D eigenvalue weighted by Gasteiger charge is 2.50. The molecule has 0 saturated heterocycles. The molecule has 0 heterocycles. The number of methoxy groups -OCH3 is 1. The number of fused-ring (bicyclic) bond motifs is 1. The summed E-state index contributed by atoms with van der Waals surface area (Å²) in [5.74, 6) is 2.42. The third-order valence-electron chi connectivity index (χ3n) is 7.21. The van der Waals surface area contributed by atoms with Gasteiger partial charge in [0.25, 0.3) is 0 Å². The van der Waals surface area contributed by atoms with Gasteiger partial charge < -0.3 is 14.6 Å². The minimum absolute atomic E-state index is 0.416. The van der Waals surface area contributed by atoms with Gasteiger partial charge in [0, 0.05) is 19.1 Å². The van der Waals surface area contributed by atoms with Gasteiger partial charge in [-0.3, -0.25) is 4.90 Å². The average Bonchev–Trinajstić information content (AvgIpc) is 3.53. The lowest BCUT2D eigenvalue weighted by molar-refractivity contribution is -0.0266. The first-order valence-corrected chi connectivity index (χ1v) is 10.8. The molecule has 0 amide bonds. The zero-order chi connectivity index (χ0) is 19.7. The predicted octanol–water partition coefficient (Wildman–Crippen LogP) is 4.03. The molecule has 2 bridgehead atoms. The minimum atomic E-state index is -0.440. The van der Waals surface area contributed by atoms with Gasteiger partial charge in [-0.25, -0.2) is 0 Å². The molecule has 4 aliphatic rings. The van der Waals surface area contributed by atoms with Crippen LogP contribution in [0.15, 0.2) is 35.9 Å². The van der Waals surface area contributed by atoms with E-state index >= 15 is 0 Å². The van der Waals surface area contributed by atoms with E-state index in [0.717, 1.165) is 18.2 Å². The second kappa shape index (κ2) is 8.17. The first kappa shape index (κ1) is 19.9. The van der Waals surface area contributed by atoms with E-state index in [1.165, 1.54) is 36.8 Å². The lowest BCUT2D eigenvalue weighted by Crippen LogP contribution is -2.48. The summed E-state index contributed by atoms with van der Waals surface area (Å²) in [5, 5.41) is 10.6. The van der Waals surface area contributed by atoms with Gasteiger partial charge in [0.05, 0.1) is 26.4 Å². The van der Waals surface area contributed by atoms with Crippen molar-refractivity contribution in [3.05, 3.63) is 41.5 Å². The quantitative estimate of drug-likeness (QED) is 0.618. The summed E-state index contributed by atoms with van der Waals surface area (Å²) in [6.45, 7) is 7.42. The molecule has 28 heavy (non-hydrogen) atoms. The van der Waals surface area contributed by atoms with Gasteiger partial charge >= 0.3 is 0 Å². The largest absolute Gasteiger partial charge is 0.497 e. The number of nitrogens with zero attached hydrogens (tertiary/aromatic N) is 1. The molecule has 4 aliphatic carbocycles. The normalized spacial score (nSPS) is 26.5. The van der Waals surface area contributed by atoms with Crippen LogP contribution in [0.5, 0.6) is 5.75 Å². The van der Waals surface area contributed by atoms with Crippen LogP contribution in [0.25, 0.3) is 0 Å². The van der Waals surface area contributed by atoms with Gasteiger partial charge in [-0.2, -0.15) is 0 Å². The Kier molecular flexibility index (Phi) is 5.82. The Morgan fingerprint density at radius 2 is 1.96 bits per heavy atom. The SMILES string of the molecule is COc1ccc(CN(CC(O)COCC2=CCC3CC2C3(C)C)C2CC2)cc1. The second-order valence-corrected chi connectivity index (χ2v) is 9.50. The van der Waals surface area contributed by atoms with Crippen LogP contribution in [-0.4, -0.2) is 49.0 Å². The topological polar surface area (TPSA) is 41.9 Å². The summed E-state index contributed by atoms with van der Waals surface area (Å²) in [6.07, 6.45) is 6.93. The van der Waals surface area contributed by atoms with Crippen molar-refractivity contribution in [1.29, 1.82) is 0 Å². The van der Waals surface area contributed by atoms with Crippen LogP contribution >= 0.6 is 0 Å². The van der Waals surface area contributed by atoms with Crippen LogP contribution in [0.1, 0.15) is 45.1 Å². The molecule has 1 N–H and O–H groups in total. The summed E-state index contributed by atoms with van der Waals surface area (Å²) in [5.41, 5.74) is 3.15. The van der Waals surface area contributed by atoms with Crippen molar-refractivity contribution in [3.63, 3.8) is 0 Å². The molecule has 2 fully saturated rings. The molecule has 0 radical (unpaired) electrons. The maximum Gasteiger partial charge on any atom is 0.118 e. The van der Waals surface area contributed by atoms with E-state index in [4.69, 9.17) is 9.47 Å². The first-order valence-electron chi connectivity index (χ1n) is 10.8. The lowest BCUT2D eigenvalue weighted by atomic mass is 9.49. The highest BCUT2D eigenvalue weighted by atomic mass is 16.5. The molecular weight excluding hydrogens is 350 g/mol. The molecule has 1 aromatic rings. The fourth-order valence-electron chi connectivity index (χ4n) is 5.02. The Balaban J connectivity index is 1.23. The van der Waals surface area contributed by atoms with Crippen molar-refractivity contribution in [2.24, 2.45) is 17.3 Å². The van der Waals surface area contributed by atoms with Crippen LogP contribution in [0.3, 0.4) is 0 Å². The average molecular weight is 386 g/mol. The number of ether oxygens (including phenoxy) is 2. The third kappa shape index (κ3) is 4.29. The van der Waals surface area contributed by atoms with Crippen LogP contribution < -0.4 is 4.74 Å². The number of hydrogen-bond acceptors (Lipinski definition) is 4. The Bertz CT molecular complexity index is 692.